The van der Waals surface area contributed by atoms with E-state index in [0.717, 1.165) is 5.56 Å². The van der Waals surface area contributed by atoms with E-state index >= 15 is 0 Å². The van der Waals surface area contributed by atoms with Gasteiger partial charge in [0.1, 0.15) is 6.61 Å². The number of amides is 1. The molecular formula is C21H25F3N2O2. The largest absolute Gasteiger partial charge is 0.411 e. The predicted molar refractivity (Wildman–Crippen MR) is 102 cm³/mol. The van der Waals surface area contributed by atoms with Gasteiger partial charge in [-0.05, 0) is 44.3 Å². The van der Waals surface area contributed by atoms with Gasteiger partial charge in [0, 0.05) is 12.1 Å². The summed E-state index contributed by atoms with van der Waals surface area (Å²) < 4.78 is 40.9. The Bertz CT molecular complexity index is 757. The van der Waals surface area contributed by atoms with Gasteiger partial charge in [0.2, 0.25) is 0 Å². The molecule has 0 radical (unpaired) electrons. The van der Waals surface area contributed by atoms with E-state index in [0.29, 0.717) is 17.7 Å². The van der Waals surface area contributed by atoms with E-state index in [-0.39, 0.29) is 18.6 Å². The molecule has 0 heterocycles. The second kappa shape index (κ2) is 9.71. The number of ether oxygens (including phenoxy) is 1. The molecule has 28 heavy (non-hydrogen) atoms. The molecule has 0 spiro atoms. The average Bonchev–Trinajstić information content (AvgIpc) is 2.62. The molecule has 2 aromatic carbocycles. The quantitative estimate of drug-likeness (QED) is 0.733. The number of alkyl halides is 3. The summed E-state index contributed by atoms with van der Waals surface area (Å²) in [5.41, 5.74) is 3.30. The number of likely N-dealkylation sites (N-methyl/N-ethyl adjacent to an activating group) is 1. The molecule has 4 nitrogen and oxygen atoms in total. The third kappa shape index (κ3) is 6.98. The maximum Gasteiger partial charge on any atom is 0.411 e. The number of benzene rings is 2. The molecule has 0 aliphatic carbocycles. The highest BCUT2D eigenvalue weighted by Gasteiger charge is 2.27. The van der Waals surface area contributed by atoms with E-state index < -0.39 is 12.8 Å². The van der Waals surface area contributed by atoms with Crippen molar-refractivity contribution in [2.24, 2.45) is 0 Å². The molecule has 0 fully saturated rings. The van der Waals surface area contributed by atoms with Gasteiger partial charge in [-0.15, -0.1) is 0 Å². The maximum absolute atomic E-state index is 12.4. The van der Waals surface area contributed by atoms with E-state index in [1.54, 1.807) is 24.3 Å². The molecule has 0 saturated carbocycles. The average molecular weight is 394 g/mol. The number of nitrogens with zero attached hydrogens (tertiary/aromatic N) is 1. The lowest BCUT2D eigenvalue weighted by Gasteiger charge is -2.25. The number of hydrogen-bond acceptors (Lipinski definition) is 3. The summed E-state index contributed by atoms with van der Waals surface area (Å²) in [5.74, 6) is -0.235. The smallest absolute Gasteiger partial charge is 0.367 e. The Morgan fingerprint density at radius 3 is 2.21 bits per heavy atom. The summed E-state index contributed by atoms with van der Waals surface area (Å²) in [6.45, 7) is 1.01. The lowest BCUT2D eigenvalue weighted by atomic mass is 10.0. The zero-order valence-electron chi connectivity index (χ0n) is 16.2. The van der Waals surface area contributed by atoms with Crippen molar-refractivity contribution in [3.05, 3.63) is 70.8 Å². The standard InChI is InChI=1S/C21H25F3N2O2/c1-15-4-8-17(9-5-15)19(26(2)3)12-25-20(27)18-10-6-16(7-11-18)13-28-14-21(22,23)24/h4-11,19H,12-14H2,1-3H3,(H,25,27). The van der Waals surface area contributed by atoms with Crippen molar-refractivity contribution >= 4 is 5.91 Å². The Kier molecular flexibility index (Phi) is 7.60. The zero-order valence-corrected chi connectivity index (χ0v) is 16.2. The van der Waals surface area contributed by atoms with E-state index in [1.165, 1.54) is 5.56 Å². The maximum atomic E-state index is 12.4. The molecule has 0 aromatic heterocycles. The number of halogens is 3. The predicted octanol–water partition coefficient (Wildman–Crippen LogP) is 4.11. The summed E-state index contributed by atoms with van der Waals surface area (Å²) in [6, 6.07) is 14.5. The minimum Gasteiger partial charge on any atom is -0.367 e. The number of hydrogen-bond donors (Lipinski definition) is 1. The highest BCUT2D eigenvalue weighted by atomic mass is 19.4. The molecule has 2 aromatic rings. The van der Waals surface area contributed by atoms with Crippen LogP contribution in [0.4, 0.5) is 13.2 Å². The highest BCUT2D eigenvalue weighted by Crippen LogP contribution is 2.18. The van der Waals surface area contributed by atoms with Crippen molar-refractivity contribution in [3.63, 3.8) is 0 Å². The van der Waals surface area contributed by atoms with E-state index in [1.807, 2.05) is 50.2 Å². The first-order chi connectivity index (χ1) is 13.2. The molecule has 0 aliphatic rings. The van der Waals surface area contributed by atoms with Crippen molar-refractivity contribution in [1.82, 2.24) is 10.2 Å². The fourth-order valence-corrected chi connectivity index (χ4v) is 2.72. The van der Waals surface area contributed by atoms with Crippen LogP contribution in [-0.2, 0) is 11.3 Å². The van der Waals surface area contributed by atoms with Gasteiger partial charge in [-0.3, -0.25) is 4.79 Å². The van der Waals surface area contributed by atoms with Gasteiger partial charge in [-0.1, -0.05) is 42.0 Å². The SMILES string of the molecule is Cc1ccc(C(CNC(=O)c2ccc(COCC(F)(F)F)cc2)N(C)C)cc1. The summed E-state index contributed by atoms with van der Waals surface area (Å²) in [7, 11) is 3.90. The highest BCUT2D eigenvalue weighted by molar-refractivity contribution is 5.94. The molecule has 1 amide bonds. The minimum absolute atomic E-state index is 0.0274. The fraction of sp³-hybridized carbons (Fsp3) is 0.381. The zero-order chi connectivity index (χ0) is 20.7. The molecule has 0 aliphatic heterocycles. The monoisotopic (exact) mass is 394 g/mol. The summed E-state index contributed by atoms with van der Waals surface area (Å²) in [5, 5.41) is 2.92. The molecule has 1 atom stereocenters. The second-order valence-electron chi connectivity index (χ2n) is 6.91. The topological polar surface area (TPSA) is 41.6 Å². The van der Waals surface area contributed by atoms with Crippen LogP contribution in [0.15, 0.2) is 48.5 Å². The van der Waals surface area contributed by atoms with Crippen molar-refractivity contribution < 1.29 is 22.7 Å². The van der Waals surface area contributed by atoms with Crippen LogP contribution < -0.4 is 5.32 Å². The Morgan fingerprint density at radius 2 is 1.68 bits per heavy atom. The molecule has 7 heteroatoms. The molecule has 0 saturated heterocycles. The van der Waals surface area contributed by atoms with Gasteiger partial charge in [0.25, 0.3) is 5.91 Å². The molecule has 1 unspecified atom stereocenters. The van der Waals surface area contributed by atoms with Crippen LogP contribution in [0.5, 0.6) is 0 Å². The Morgan fingerprint density at radius 1 is 1.07 bits per heavy atom. The first-order valence-electron chi connectivity index (χ1n) is 8.90. The lowest BCUT2D eigenvalue weighted by molar-refractivity contribution is -0.176. The molecule has 0 bridgehead atoms. The third-order valence-electron chi connectivity index (χ3n) is 4.29. The second-order valence-corrected chi connectivity index (χ2v) is 6.91. The van der Waals surface area contributed by atoms with Gasteiger partial charge in [0.05, 0.1) is 12.6 Å². The van der Waals surface area contributed by atoms with Crippen LogP contribution in [-0.4, -0.2) is 44.2 Å². The van der Waals surface area contributed by atoms with Crippen LogP contribution in [0.2, 0.25) is 0 Å². The van der Waals surface area contributed by atoms with Gasteiger partial charge < -0.3 is 15.0 Å². The van der Waals surface area contributed by atoms with Crippen LogP contribution in [0.25, 0.3) is 0 Å². The van der Waals surface area contributed by atoms with Gasteiger partial charge in [0.15, 0.2) is 0 Å². The fourth-order valence-electron chi connectivity index (χ4n) is 2.72. The van der Waals surface area contributed by atoms with Gasteiger partial charge >= 0.3 is 6.18 Å². The van der Waals surface area contributed by atoms with Crippen LogP contribution in [0, 0.1) is 6.92 Å². The minimum atomic E-state index is -4.35. The number of aryl methyl sites for hydroxylation is 1. The summed E-state index contributed by atoms with van der Waals surface area (Å²) in [6.07, 6.45) is -4.35. The Hall–Kier alpha value is -2.38. The van der Waals surface area contributed by atoms with Crippen molar-refractivity contribution in [2.45, 2.75) is 25.7 Å². The summed E-state index contributed by atoms with van der Waals surface area (Å²) in [4.78, 5) is 14.4. The molecule has 2 rings (SSSR count). The van der Waals surface area contributed by atoms with Gasteiger partial charge in [-0.25, -0.2) is 0 Å². The van der Waals surface area contributed by atoms with Crippen LogP contribution >= 0.6 is 0 Å². The van der Waals surface area contributed by atoms with Crippen molar-refractivity contribution in [3.8, 4) is 0 Å². The third-order valence-corrected chi connectivity index (χ3v) is 4.29. The van der Waals surface area contributed by atoms with Gasteiger partial charge in [-0.2, -0.15) is 13.2 Å². The number of rotatable bonds is 8. The first-order valence-corrected chi connectivity index (χ1v) is 8.90. The normalized spacial score (nSPS) is 12.8. The first kappa shape index (κ1) is 21.9. The molecular weight excluding hydrogens is 369 g/mol. The number of nitrogens with one attached hydrogen (secondary N) is 1. The van der Waals surface area contributed by atoms with E-state index in [9.17, 15) is 18.0 Å². The molecule has 1 N–H and O–H groups in total. The van der Waals surface area contributed by atoms with E-state index in [4.69, 9.17) is 0 Å². The number of carbonyl (C=O) groups is 1. The summed E-state index contributed by atoms with van der Waals surface area (Å²) >= 11 is 0. The van der Waals surface area contributed by atoms with E-state index in [2.05, 4.69) is 10.1 Å². The Balaban J connectivity index is 1.91. The van der Waals surface area contributed by atoms with Crippen molar-refractivity contribution in [2.75, 3.05) is 27.2 Å². The number of carbonyl (C=O) groups excluding carboxylic acids is 1. The van der Waals surface area contributed by atoms with Crippen molar-refractivity contribution in [1.29, 1.82) is 0 Å². The Labute approximate surface area is 163 Å². The lowest BCUT2D eigenvalue weighted by Crippen LogP contribution is -2.34. The van der Waals surface area contributed by atoms with Crippen LogP contribution in [0.1, 0.15) is 33.1 Å². The molecule has 152 valence electrons. The van der Waals surface area contributed by atoms with Crippen LogP contribution in [0.3, 0.4) is 0 Å².